The summed E-state index contributed by atoms with van der Waals surface area (Å²) in [5.74, 6) is 0. The Kier molecular flexibility index (Phi) is 3.45. The third-order valence-corrected chi connectivity index (χ3v) is 3.28. The van der Waals surface area contributed by atoms with E-state index in [1.807, 2.05) is 42.5 Å². The van der Waals surface area contributed by atoms with E-state index in [0.717, 1.165) is 16.7 Å². The predicted octanol–water partition coefficient (Wildman–Crippen LogP) is 3.77. The van der Waals surface area contributed by atoms with Crippen LogP contribution in [0, 0.1) is 0 Å². The lowest BCUT2D eigenvalue weighted by atomic mass is 9.99. The molecule has 1 aliphatic rings. The number of hydrogen-bond acceptors (Lipinski definition) is 2. The van der Waals surface area contributed by atoms with Crippen LogP contribution in [-0.4, -0.2) is 6.29 Å². The van der Waals surface area contributed by atoms with Crippen LogP contribution in [-0.2, 0) is 22.7 Å². The lowest BCUT2D eigenvalue weighted by Crippen LogP contribution is -2.23. The quantitative estimate of drug-likeness (QED) is 0.827. The average Bonchev–Trinajstić information content (AvgIpc) is 2.48. The Labute approximate surface area is 113 Å². The van der Waals surface area contributed by atoms with Gasteiger partial charge in [-0.05, 0) is 16.7 Å². The Morgan fingerprint density at radius 2 is 1.79 bits per heavy atom. The third kappa shape index (κ3) is 2.60. The van der Waals surface area contributed by atoms with Crippen LogP contribution in [0.15, 0.2) is 61.2 Å². The molecule has 0 radical (unpaired) electrons. The molecule has 2 nitrogen and oxygen atoms in total. The fourth-order valence-electron chi connectivity index (χ4n) is 2.25. The van der Waals surface area contributed by atoms with Gasteiger partial charge in [0, 0.05) is 5.57 Å². The van der Waals surface area contributed by atoms with E-state index in [-0.39, 0.29) is 6.29 Å². The average molecular weight is 252 g/mol. The summed E-state index contributed by atoms with van der Waals surface area (Å²) in [4.78, 5) is 0. The first-order chi connectivity index (χ1) is 9.34. The first-order valence-electron chi connectivity index (χ1n) is 6.39. The molecule has 2 aromatic rings. The molecule has 2 aromatic carbocycles. The van der Waals surface area contributed by atoms with E-state index >= 15 is 0 Å². The number of rotatable bonds is 3. The molecular weight excluding hydrogens is 236 g/mol. The highest BCUT2D eigenvalue weighted by Crippen LogP contribution is 2.30. The summed E-state index contributed by atoms with van der Waals surface area (Å²) in [6.07, 6.45) is -0.352. The van der Waals surface area contributed by atoms with Gasteiger partial charge in [-0.25, -0.2) is 0 Å². The van der Waals surface area contributed by atoms with Crippen LogP contribution in [0.2, 0.25) is 0 Å². The van der Waals surface area contributed by atoms with E-state index in [1.165, 1.54) is 5.56 Å². The smallest absolute Gasteiger partial charge is 0.184 e. The van der Waals surface area contributed by atoms with Crippen molar-refractivity contribution in [2.45, 2.75) is 19.5 Å². The van der Waals surface area contributed by atoms with Gasteiger partial charge in [-0.1, -0.05) is 61.2 Å². The van der Waals surface area contributed by atoms with E-state index in [9.17, 15) is 0 Å². The molecule has 0 amide bonds. The largest absolute Gasteiger partial charge is 0.344 e. The summed E-state index contributed by atoms with van der Waals surface area (Å²) in [5.41, 5.74) is 4.36. The van der Waals surface area contributed by atoms with Gasteiger partial charge in [0.15, 0.2) is 6.29 Å². The van der Waals surface area contributed by atoms with Crippen molar-refractivity contribution in [3.05, 3.63) is 77.9 Å². The van der Waals surface area contributed by atoms with Gasteiger partial charge in [0.25, 0.3) is 0 Å². The van der Waals surface area contributed by atoms with E-state index in [4.69, 9.17) is 9.47 Å². The normalized spacial score (nSPS) is 18.1. The van der Waals surface area contributed by atoms with Gasteiger partial charge in [-0.2, -0.15) is 0 Å². The highest BCUT2D eigenvalue weighted by atomic mass is 16.7. The molecule has 96 valence electrons. The van der Waals surface area contributed by atoms with Crippen molar-refractivity contribution < 1.29 is 9.47 Å². The van der Waals surface area contributed by atoms with Gasteiger partial charge < -0.3 is 9.47 Å². The minimum atomic E-state index is -0.352. The van der Waals surface area contributed by atoms with Gasteiger partial charge >= 0.3 is 0 Å². The van der Waals surface area contributed by atoms with Crippen LogP contribution in [0.5, 0.6) is 0 Å². The molecule has 0 fully saturated rings. The minimum Gasteiger partial charge on any atom is -0.344 e. The molecule has 0 saturated heterocycles. The molecule has 1 aliphatic heterocycles. The van der Waals surface area contributed by atoms with E-state index < -0.39 is 0 Å². The summed E-state index contributed by atoms with van der Waals surface area (Å²) in [6, 6.07) is 18.3. The summed E-state index contributed by atoms with van der Waals surface area (Å²) in [5, 5.41) is 0. The van der Waals surface area contributed by atoms with Crippen LogP contribution in [0.3, 0.4) is 0 Å². The van der Waals surface area contributed by atoms with Crippen molar-refractivity contribution in [1.29, 1.82) is 0 Å². The summed E-state index contributed by atoms with van der Waals surface area (Å²) in [7, 11) is 0. The molecule has 0 aliphatic carbocycles. The van der Waals surface area contributed by atoms with Gasteiger partial charge in [0.1, 0.15) is 0 Å². The van der Waals surface area contributed by atoms with Crippen LogP contribution >= 0.6 is 0 Å². The summed E-state index contributed by atoms with van der Waals surface area (Å²) < 4.78 is 11.5. The monoisotopic (exact) mass is 252 g/mol. The van der Waals surface area contributed by atoms with Crippen molar-refractivity contribution in [3.63, 3.8) is 0 Å². The third-order valence-electron chi connectivity index (χ3n) is 3.28. The second-order valence-corrected chi connectivity index (χ2v) is 4.62. The van der Waals surface area contributed by atoms with Gasteiger partial charge in [-0.15, -0.1) is 0 Å². The summed E-state index contributed by atoms with van der Waals surface area (Å²) >= 11 is 0. The standard InChI is InChI=1S/C17H16O2/c1-13-16-10-6-5-9-15(16)12-19-17(13)18-11-14-7-3-2-4-8-14/h2-10,17H,1,11-12H2. The summed E-state index contributed by atoms with van der Waals surface area (Å²) in [6.45, 7) is 5.21. The Balaban J connectivity index is 1.69. The molecule has 0 spiro atoms. The number of fused-ring (bicyclic) bond motifs is 1. The SMILES string of the molecule is C=C1c2ccccc2COC1OCc1ccccc1. The van der Waals surface area contributed by atoms with Gasteiger partial charge in [0.2, 0.25) is 0 Å². The fraction of sp³-hybridized carbons (Fsp3) is 0.176. The maximum absolute atomic E-state index is 5.82. The number of ether oxygens (including phenoxy) is 2. The molecular formula is C17H16O2. The number of benzene rings is 2. The Morgan fingerprint density at radius 1 is 1.05 bits per heavy atom. The first kappa shape index (κ1) is 12.2. The van der Waals surface area contributed by atoms with Crippen LogP contribution in [0.1, 0.15) is 16.7 Å². The maximum Gasteiger partial charge on any atom is 0.184 e. The Hall–Kier alpha value is -1.90. The zero-order valence-electron chi connectivity index (χ0n) is 10.7. The second-order valence-electron chi connectivity index (χ2n) is 4.62. The first-order valence-corrected chi connectivity index (χ1v) is 6.39. The van der Waals surface area contributed by atoms with Crippen molar-refractivity contribution in [1.82, 2.24) is 0 Å². The van der Waals surface area contributed by atoms with Crippen LogP contribution < -0.4 is 0 Å². The Morgan fingerprint density at radius 3 is 2.63 bits per heavy atom. The zero-order valence-corrected chi connectivity index (χ0v) is 10.7. The fourth-order valence-corrected chi connectivity index (χ4v) is 2.25. The van der Waals surface area contributed by atoms with Crippen molar-refractivity contribution in [2.24, 2.45) is 0 Å². The lowest BCUT2D eigenvalue weighted by Gasteiger charge is -2.27. The topological polar surface area (TPSA) is 18.5 Å². The molecule has 1 heterocycles. The predicted molar refractivity (Wildman–Crippen MR) is 75.3 cm³/mol. The molecule has 1 unspecified atom stereocenters. The van der Waals surface area contributed by atoms with Crippen molar-refractivity contribution in [2.75, 3.05) is 0 Å². The molecule has 1 atom stereocenters. The van der Waals surface area contributed by atoms with Crippen LogP contribution in [0.25, 0.3) is 5.57 Å². The highest BCUT2D eigenvalue weighted by Gasteiger charge is 2.23. The van der Waals surface area contributed by atoms with E-state index in [0.29, 0.717) is 13.2 Å². The van der Waals surface area contributed by atoms with Crippen LogP contribution in [0.4, 0.5) is 0 Å². The molecule has 19 heavy (non-hydrogen) atoms. The zero-order chi connectivity index (χ0) is 13.1. The Bertz CT molecular complexity index is 575. The molecule has 0 N–H and O–H groups in total. The maximum atomic E-state index is 5.82. The second kappa shape index (κ2) is 5.39. The molecule has 0 aromatic heterocycles. The van der Waals surface area contributed by atoms with Crippen molar-refractivity contribution >= 4 is 5.57 Å². The molecule has 0 saturated carbocycles. The lowest BCUT2D eigenvalue weighted by molar-refractivity contribution is -0.123. The molecule has 3 rings (SSSR count). The molecule has 2 heteroatoms. The van der Waals surface area contributed by atoms with Crippen molar-refractivity contribution in [3.8, 4) is 0 Å². The molecule has 0 bridgehead atoms. The highest BCUT2D eigenvalue weighted by molar-refractivity contribution is 5.69. The van der Waals surface area contributed by atoms with Gasteiger partial charge in [-0.3, -0.25) is 0 Å². The van der Waals surface area contributed by atoms with E-state index in [1.54, 1.807) is 0 Å². The van der Waals surface area contributed by atoms with E-state index in [2.05, 4.69) is 18.7 Å². The number of hydrogen-bond donors (Lipinski definition) is 0. The van der Waals surface area contributed by atoms with Gasteiger partial charge in [0.05, 0.1) is 13.2 Å². The minimum absolute atomic E-state index is 0.352.